The second kappa shape index (κ2) is 10.4. The summed E-state index contributed by atoms with van der Waals surface area (Å²) in [4.78, 5) is 4.78. The van der Waals surface area contributed by atoms with Gasteiger partial charge in [-0.3, -0.25) is 0 Å². The summed E-state index contributed by atoms with van der Waals surface area (Å²) in [7, 11) is 1.67. The quantitative estimate of drug-likeness (QED) is 0.248. The van der Waals surface area contributed by atoms with Crippen LogP contribution in [0.3, 0.4) is 0 Å². The van der Waals surface area contributed by atoms with Gasteiger partial charge in [0.15, 0.2) is 0 Å². The number of aliphatic hydroxyl groups excluding tert-OH is 1. The number of hydrogen-bond acceptors (Lipinski definition) is 3. The van der Waals surface area contributed by atoms with E-state index >= 15 is 0 Å². The Labute approximate surface area is 222 Å². The van der Waals surface area contributed by atoms with Gasteiger partial charge in [-0.15, -0.1) is 0 Å². The van der Waals surface area contributed by atoms with E-state index in [0.29, 0.717) is 13.1 Å². The van der Waals surface area contributed by atoms with Gasteiger partial charge in [-0.1, -0.05) is 78.9 Å². The third-order valence-corrected chi connectivity index (χ3v) is 6.93. The predicted molar refractivity (Wildman–Crippen MR) is 153 cm³/mol. The smallest absolute Gasteiger partial charge is 0.118 e. The summed E-state index contributed by atoms with van der Waals surface area (Å²) in [5.74, 6) is 0.819. The number of ether oxygens (including phenoxy) is 1. The molecular weight excluding hydrogens is 470 g/mol. The van der Waals surface area contributed by atoms with Gasteiger partial charge < -0.3 is 19.0 Å². The van der Waals surface area contributed by atoms with Crippen molar-refractivity contribution in [3.05, 3.63) is 122 Å². The highest BCUT2D eigenvalue weighted by Gasteiger charge is 2.19. The van der Waals surface area contributed by atoms with Crippen LogP contribution in [0.2, 0.25) is 0 Å². The first-order valence-corrected chi connectivity index (χ1v) is 12.8. The highest BCUT2D eigenvalue weighted by Crippen LogP contribution is 2.33. The second-order valence-electron chi connectivity index (χ2n) is 9.41. The van der Waals surface area contributed by atoms with E-state index in [4.69, 9.17) is 9.72 Å². The van der Waals surface area contributed by atoms with Crippen molar-refractivity contribution in [2.24, 2.45) is 0 Å². The van der Waals surface area contributed by atoms with Gasteiger partial charge in [0.05, 0.1) is 44.0 Å². The Bertz CT molecular complexity index is 1650. The first kappa shape index (κ1) is 23.8. The Hall–Kier alpha value is -4.61. The molecule has 0 saturated carbocycles. The van der Waals surface area contributed by atoms with Crippen LogP contribution in [0.15, 0.2) is 122 Å². The predicted octanol–water partition coefficient (Wildman–Crippen LogP) is 6.91. The fourth-order valence-corrected chi connectivity index (χ4v) is 5.13. The SMILES string of the molecule is COc1ccc(-c2cc3ccccc3n2CC(O)Cn2cnc(-c3ccccc3)c2-c2ccccc2)cc1. The lowest BCUT2D eigenvalue weighted by molar-refractivity contribution is 0.137. The molecule has 0 spiro atoms. The molecule has 0 fully saturated rings. The minimum absolute atomic E-state index is 0.415. The number of para-hydroxylation sites is 1. The molecule has 0 aliphatic heterocycles. The highest BCUT2D eigenvalue weighted by molar-refractivity contribution is 5.87. The number of hydrogen-bond donors (Lipinski definition) is 1. The Kier molecular flexibility index (Phi) is 6.51. The van der Waals surface area contributed by atoms with Crippen LogP contribution < -0.4 is 4.74 Å². The summed E-state index contributed by atoms with van der Waals surface area (Å²) in [5.41, 5.74) is 7.27. The molecule has 38 heavy (non-hydrogen) atoms. The molecule has 1 atom stereocenters. The minimum atomic E-state index is -0.636. The van der Waals surface area contributed by atoms with Gasteiger partial charge in [-0.2, -0.15) is 0 Å². The minimum Gasteiger partial charge on any atom is -0.497 e. The molecule has 0 amide bonds. The lowest BCUT2D eigenvalue weighted by Gasteiger charge is -2.18. The Balaban J connectivity index is 1.36. The van der Waals surface area contributed by atoms with E-state index in [0.717, 1.165) is 50.4 Å². The van der Waals surface area contributed by atoms with E-state index in [1.54, 1.807) is 7.11 Å². The number of rotatable bonds is 8. The normalized spacial score (nSPS) is 12.1. The molecular formula is C33H29N3O2. The van der Waals surface area contributed by atoms with E-state index < -0.39 is 6.10 Å². The second-order valence-corrected chi connectivity index (χ2v) is 9.41. The first-order valence-electron chi connectivity index (χ1n) is 12.8. The van der Waals surface area contributed by atoms with Gasteiger partial charge in [0.1, 0.15) is 5.75 Å². The zero-order chi connectivity index (χ0) is 25.9. The topological polar surface area (TPSA) is 52.2 Å². The standard InChI is InChI=1S/C33H29N3O2/c1-38-29-18-16-24(17-19-29)31-20-27-14-8-9-15-30(27)36(31)22-28(37)21-35-23-34-32(25-10-4-2-5-11-25)33(35)26-12-6-3-7-13-26/h2-20,23,28,37H,21-22H2,1H3. The van der Waals surface area contributed by atoms with Gasteiger partial charge >= 0.3 is 0 Å². The number of benzene rings is 4. The third-order valence-electron chi connectivity index (χ3n) is 6.93. The third kappa shape index (κ3) is 4.60. The lowest BCUT2D eigenvalue weighted by Crippen LogP contribution is -2.22. The van der Waals surface area contributed by atoms with Crippen molar-refractivity contribution < 1.29 is 9.84 Å². The first-order chi connectivity index (χ1) is 18.7. The molecule has 4 aromatic carbocycles. The number of fused-ring (bicyclic) bond motifs is 1. The largest absolute Gasteiger partial charge is 0.497 e. The van der Waals surface area contributed by atoms with Crippen LogP contribution in [0.4, 0.5) is 0 Å². The summed E-state index contributed by atoms with van der Waals surface area (Å²) >= 11 is 0. The Morgan fingerprint density at radius 1 is 0.737 bits per heavy atom. The van der Waals surface area contributed by atoms with E-state index in [2.05, 4.69) is 63.7 Å². The van der Waals surface area contributed by atoms with Gasteiger partial charge in [-0.05, 0) is 42.0 Å². The van der Waals surface area contributed by atoms with Crippen molar-refractivity contribution in [1.82, 2.24) is 14.1 Å². The van der Waals surface area contributed by atoms with Crippen LogP contribution in [0.1, 0.15) is 0 Å². The molecule has 0 radical (unpaired) electrons. The zero-order valence-corrected chi connectivity index (χ0v) is 21.2. The maximum absolute atomic E-state index is 11.4. The summed E-state index contributed by atoms with van der Waals surface area (Å²) in [6, 6.07) is 39.0. The van der Waals surface area contributed by atoms with Crippen LogP contribution in [-0.2, 0) is 13.1 Å². The van der Waals surface area contributed by atoms with Crippen molar-refractivity contribution in [3.8, 4) is 39.5 Å². The monoisotopic (exact) mass is 499 g/mol. The van der Waals surface area contributed by atoms with Gasteiger partial charge in [0.2, 0.25) is 0 Å². The Morgan fingerprint density at radius 2 is 1.39 bits per heavy atom. The number of imidazole rings is 1. The van der Waals surface area contributed by atoms with Crippen LogP contribution >= 0.6 is 0 Å². The van der Waals surface area contributed by atoms with Crippen molar-refractivity contribution in [2.75, 3.05) is 7.11 Å². The van der Waals surface area contributed by atoms with Crippen molar-refractivity contribution in [2.45, 2.75) is 19.2 Å². The molecule has 0 aliphatic rings. The van der Waals surface area contributed by atoms with Crippen molar-refractivity contribution >= 4 is 10.9 Å². The molecule has 0 saturated heterocycles. The average molecular weight is 500 g/mol. The number of methoxy groups -OCH3 is 1. The number of aromatic nitrogens is 3. The van der Waals surface area contributed by atoms with Crippen LogP contribution in [0, 0.1) is 0 Å². The van der Waals surface area contributed by atoms with Crippen molar-refractivity contribution in [3.63, 3.8) is 0 Å². The molecule has 1 unspecified atom stereocenters. The molecule has 0 aliphatic carbocycles. The molecule has 6 rings (SSSR count). The average Bonchev–Trinajstić information content (AvgIpc) is 3.55. The molecule has 5 nitrogen and oxygen atoms in total. The number of aliphatic hydroxyl groups is 1. The van der Waals surface area contributed by atoms with Crippen molar-refractivity contribution in [1.29, 1.82) is 0 Å². The van der Waals surface area contributed by atoms with Gasteiger partial charge in [0.25, 0.3) is 0 Å². The van der Waals surface area contributed by atoms with Gasteiger partial charge in [0, 0.05) is 27.7 Å². The fourth-order valence-electron chi connectivity index (χ4n) is 5.13. The molecule has 5 heteroatoms. The van der Waals surface area contributed by atoms with E-state index in [9.17, 15) is 5.11 Å². The molecule has 2 aromatic heterocycles. The van der Waals surface area contributed by atoms with Crippen LogP contribution in [0.5, 0.6) is 5.75 Å². The molecule has 0 bridgehead atoms. The van der Waals surface area contributed by atoms with E-state index in [1.807, 2.05) is 67.0 Å². The summed E-state index contributed by atoms with van der Waals surface area (Å²) in [6.07, 6.45) is 1.20. The molecule has 1 N–H and O–H groups in total. The Morgan fingerprint density at radius 3 is 2.11 bits per heavy atom. The molecule has 2 heterocycles. The van der Waals surface area contributed by atoms with Gasteiger partial charge in [-0.25, -0.2) is 4.98 Å². The summed E-state index contributed by atoms with van der Waals surface area (Å²) in [5, 5.41) is 12.6. The number of nitrogens with zero attached hydrogens (tertiary/aromatic N) is 3. The van der Waals surface area contributed by atoms with E-state index in [1.165, 1.54) is 0 Å². The lowest BCUT2D eigenvalue weighted by atomic mass is 10.0. The maximum Gasteiger partial charge on any atom is 0.118 e. The summed E-state index contributed by atoms with van der Waals surface area (Å²) in [6.45, 7) is 0.862. The summed E-state index contributed by atoms with van der Waals surface area (Å²) < 4.78 is 9.63. The van der Waals surface area contributed by atoms with Crippen LogP contribution in [-0.4, -0.2) is 32.4 Å². The molecule has 6 aromatic rings. The zero-order valence-electron chi connectivity index (χ0n) is 21.2. The maximum atomic E-state index is 11.4. The highest BCUT2D eigenvalue weighted by atomic mass is 16.5. The fraction of sp³-hybridized carbons (Fsp3) is 0.121. The molecule has 188 valence electrons. The van der Waals surface area contributed by atoms with E-state index in [-0.39, 0.29) is 0 Å². The van der Waals surface area contributed by atoms with Crippen LogP contribution in [0.25, 0.3) is 44.7 Å².